The van der Waals surface area contributed by atoms with E-state index in [1.54, 1.807) is 0 Å². The van der Waals surface area contributed by atoms with Crippen LogP contribution in [0.3, 0.4) is 0 Å². The van der Waals surface area contributed by atoms with Gasteiger partial charge in [0.2, 0.25) is 0 Å². The van der Waals surface area contributed by atoms with E-state index in [1.807, 2.05) is 0 Å². The molecule has 17 heavy (non-hydrogen) atoms. The van der Waals surface area contributed by atoms with Crippen LogP contribution in [0.5, 0.6) is 0 Å². The minimum atomic E-state index is 0.259. The molecule has 3 N–H and O–H groups in total. The van der Waals surface area contributed by atoms with E-state index < -0.39 is 0 Å². The lowest BCUT2D eigenvalue weighted by atomic mass is 10.0. The molecule has 96 valence electrons. The highest BCUT2D eigenvalue weighted by Crippen LogP contribution is 2.16. The van der Waals surface area contributed by atoms with Crippen molar-refractivity contribution in [2.75, 3.05) is 33.7 Å². The van der Waals surface area contributed by atoms with Gasteiger partial charge in [-0.15, -0.1) is 0 Å². The maximum absolute atomic E-state index is 5.83. The Kier molecular flexibility index (Phi) is 5.62. The Balaban J connectivity index is 2.62. The van der Waals surface area contributed by atoms with Crippen LogP contribution in [0.25, 0.3) is 0 Å². The molecule has 0 amide bonds. The molecule has 0 saturated carbocycles. The lowest BCUT2D eigenvalue weighted by molar-refractivity contribution is 0.385. The molecular formula is C14H25N3. The van der Waals surface area contributed by atoms with Crippen LogP contribution in [0.2, 0.25) is 0 Å². The summed E-state index contributed by atoms with van der Waals surface area (Å²) in [6.45, 7) is 6.90. The van der Waals surface area contributed by atoms with Gasteiger partial charge in [-0.05, 0) is 44.6 Å². The van der Waals surface area contributed by atoms with Crippen molar-refractivity contribution in [1.82, 2.24) is 10.2 Å². The van der Waals surface area contributed by atoms with Crippen LogP contribution in [0.15, 0.2) is 18.2 Å². The molecule has 0 spiro atoms. The van der Waals surface area contributed by atoms with Gasteiger partial charge in [-0.25, -0.2) is 0 Å². The fourth-order valence-electron chi connectivity index (χ4n) is 1.78. The van der Waals surface area contributed by atoms with Gasteiger partial charge in [-0.2, -0.15) is 0 Å². The second-order valence-corrected chi connectivity index (χ2v) is 4.89. The standard InChI is InChI=1S/C14H25N3/c1-11-5-6-13(9-12(11)2)14(10-15)16-7-8-17(3)4/h5-6,9,14,16H,7-8,10,15H2,1-4H3. The van der Waals surface area contributed by atoms with Gasteiger partial charge in [-0.3, -0.25) is 0 Å². The van der Waals surface area contributed by atoms with E-state index >= 15 is 0 Å². The van der Waals surface area contributed by atoms with E-state index in [-0.39, 0.29) is 6.04 Å². The third-order valence-electron chi connectivity index (χ3n) is 3.12. The molecule has 0 radical (unpaired) electrons. The molecule has 0 saturated heterocycles. The van der Waals surface area contributed by atoms with Gasteiger partial charge in [0.25, 0.3) is 0 Å². The van der Waals surface area contributed by atoms with Crippen LogP contribution >= 0.6 is 0 Å². The topological polar surface area (TPSA) is 41.3 Å². The molecule has 0 aliphatic heterocycles. The Bertz CT molecular complexity index is 347. The molecule has 0 aromatic heterocycles. The summed E-state index contributed by atoms with van der Waals surface area (Å²) in [5.41, 5.74) is 9.78. The zero-order chi connectivity index (χ0) is 12.8. The van der Waals surface area contributed by atoms with Crippen molar-refractivity contribution in [3.8, 4) is 0 Å². The summed E-state index contributed by atoms with van der Waals surface area (Å²) in [6.07, 6.45) is 0. The van der Waals surface area contributed by atoms with Crippen LogP contribution in [0.1, 0.15) is 22.7 Å². The molecule has 3 heteroatoms. The fraction of sp³-hybridized carbons (Fsp3) is 0.571. The molecule has 1 rings (SSSR count). The van der Waals surface area contributed by atoms with E-state index in [1.165, 1.54) is 16.7 Å². The number of nitrogens with one attached hydrogen (secondary N) is 1. The van der Waals surface area contributed by atoms with Crippen molar-refractivity contribution in [1.29, 1.82) is 0 Å². The van der Waals surface area contributed by atoms with Gasteiger partial charge in [0, 0.05) is 25.7 Å². The van der Waals surface area contributed by atoms with Gasteiger partial charge in [0.15, 0.2) is 0 Å². The number of aryl methyl sites for hydroxylation is 2. The van der Waals surface area contributed by atoms with Crippen LogP contribution in [-0.4, -0.2) is 38.6 Å². The fourth-order valence-corrected chi connectivity index (χ4v) is 1.78. The van der Waals surface area contributed by atoms with Crippen LogP contribution < -0.4 is 11.1 Å². The lowest BCUT2D eigenvalue weighted by Crippen LogP contribution is -2.33. The van der Waals surface area contributed by atoms with Crippen molar-refractivity contribution in [3.63, 3.8) is 0 Å². The van der Waals surface area contributed by atoms with Crippen LogP contribution in [-0.2, 0) is 0 Å². The number of rotatable bonds is 6. The molecule has 1 aromatic carbocycles. The Morgan fingerprint density at radius 1 is 1.24 bits per heavy atom. The third-order valence-corrected chi connectivity index (χ3v) is 3.12. The molecule has 0 bridgehead atoms. The summed E-state index contributed by atoms with van der Waals surface area (Å²) < 4.78 is 0. The molecule has 3 nitrogen and oxygen atoms in total. The molecular weight excluding hydrogens is 210 g/mol. The molecule has 1 aromatic rings. The minimum Gasteiger partial charge on any atom is -0.329 e. The van der Waals surface area contributed by atoms with Gasteiger partial charge >= 0.3 is 0 Å². The Labute approximate surface area is 105 Å². The van der Waals surface area contributed by atoms with E-state index in [2.05, 4.69) is 56.4 Å². The van der Waals surface area contributed by atoms with Crippen molar-refractivity contribution in [3.05, 3.63) is 34.9 Å². The predicted molar refractivity (Wildman–Crippen MR) is 74.3 cm³/mol. The highest BCUT2D eigenvalue weighted by molar-refractivity contribution is 5.31. The first-order chi connectivity index (χ1) is 8.04. The van der Waals surface area contributed by atoms with Crippen molar-refractivity contribution in [2.45, 2.75) is 19.9 Å². The Morgan fingerprint density at radius 2 is 1.94 bits per heavy atom. The average molecular weight is 235 g/mol. The van der Waals surface area contributed by atoms with Crippen molar-refractivity contribution in [2.24, 2.45) is 5.73 Å². The highest BCUT2D eigenvalue weighted by atomic mass is 15.1. The van der Waals surface area contributed by atoms with Gasteiger partial charge in [-0.1, -0.05) is 18.2 Å². The summed E-state index contributed by atoms with van der Waals surface area (Å²) >= 11 is 0. The first kappa shape index (κ1) is 14.2. The zero-order valence-corrected chi connectivity index (χ0v) is 11.5. The highest BCUT2D eigenvalue weighted by Gasteiger charge is 2.09. The number of nitrogens with two attached hydrogens (primary N) is 1. The number of hydrogen-bond donors (Lipinski definition) is 2. The molecule has 0 heterocycles. The lowest BCUT2D eigenvalue weighted by Gasteiger charge is -2.19. The molecule has 0 aliphatic rings. The smallest absolute Gasteiger partial charge is 0.0445 e. The SMILES string of the molecule is Cc1ccc(C(CN)NCCN(C)C)cc1C. The number of nitrogens with zero attached hydrogens (tertiary/aromatic N) is 1. The van der Waals surface area contributed by atoms with E-state index in [0.717, 1.165) is 13.1 Å². The maximum atomic E-state index is 5.83. The largest absolute Gasteiger partial charge is 0.329 e. The average Bonchev–Trinajstić information content (AvgIpc) is 2.28. The summed E-state index contributed by atoms with van der Waals surface area (Å²) in [7, 11) is 4.16. The third kappa shape index (κ3) is 4.46. The predicted octanol–water partition coefficient (Wildman–Crippen LogP) is 1.45. The van der Waals surface area contributed by atoms with Gasteiger partial charge < -0.3 is 16.0 Å². The van der Waals surface area contributed by atoms with Crippen LogP contribution in [0.4, 0.5) is 0 Å². The first-order valence-electron chi connectivity index (χ1n) is 6.20. The minimum absolute atomic E-state index is 0.259. The van der Waals surface area contributed by atoms with Crippen molar-refractivity contribution >= 4 is 0 Å². The molecule has 0 fully saturated rings. The first-order valence-corrected chi connectivity index (χ1v) is 6.20. The molecule has 1 unspecified atom stereocenters. The molecule has 1 atom stereocenters. The Morgan fingerprint density at radius 3 is 2.47 bits per heavy atom. The van der Waals surface area contributed by atoms with E-state index in [4.69, 9.17) is 5.73 Å². The number of hydrogen-bond acceptors (Lipinski definition) is 3. The number of likely N-dealkylation sites (N-methyl/N-ethyl adjacent to an activating group) is 1. The van der Waals surface area contributed by atoms with Gasteiger partial charge in [0.05, 0.1) is 0 Å². The number of benzene rings is 1. The summed E-state index contributed by atoms with van der Waals surface area (Å²) in [5, 5.41) is 3.50. The monoisotopic (exact) mass is 235 g/mol. The summed E-state index contributed by atoms with van der Waals surface area (Å²) in [4.78, 5) is 2.17. The summed E-state index contributed by atoms with van der Waals surface area (Å²) in [6, 6.07) is 6.83. The van der Waals surface area contributed by atoms with Gasteiger partial charge in [0.1, 0.15) is 0 Å². The second-order valence-electron chi connectivity index (χ2n) is 4.89. The van der Waals surface area contributed by atoms with E-state index in [0.29, 0.717) is 6.54 Å². The quantitative estimate of drug-likeness (QED) is 0.784. The maximum Gasteiger partial charge on any atom is 0.0445 e. The Hall–Kier alpha value is -0.900. The van der Waals surface area contributed by atoms with E-state index in [9.17, 15) is 0 Å². The van der Waals surface area contributed by atoms with Crippen molar-refractivity contribution < 1.29 is 0 Å². The zero-order valence-electron chi connectivity index (χ0n) is 11.5. The second kappa shape index (κ2) is 6.74. The molecule has 0 aliphatic carbocycles. The van der Waals surface area contributed by atoms with Crippen LogP contribution in [0, 0.1) is 13.8 Å². The summed E-state index contributed by atoms with van der Waals surface area (Å²) in [5.74, 6) is 0. The normalized spacial score (nSPS) is 13.1.